The van der Waals surface area contributed by atoms with Gasteiger partial charge in [-0.25, -0.2) is 4.98 Å². The van der Waals surface area contributed by atoms with E-state index in [0.717, 1.165) is 18.8 Å². The first kappa shape index (κ1) is 16.0. The van der Waals surface area contributed by atoms with E-state index in [1.165, 1.54) is 10.6 Å². The molecule has 6 heteroatoms. The number of carbonyl (C=O) groups is 1. The lowest BCUT2D eigenvalue weighted by Gasteiger charge is -2.11. The molecule has 2 rings (SSSR count). The highest BCUT2D eigenvalue weighted by molar-refractivity contribution is 5.75. The van der Waals surface area contributed by atoms with Crippen LogP contribution in [0.5, 0.6) is 0 Å². The SMILES string of the molecule is CC(C)c1nccn1CCCNC(=O)Cn1ccccc1=O. The first-order valence-corrected chi connectivity index (χ1v) is 7.51. The van der Waals surface area contributed by atoms with E-state index in [1.807, 2.05) is 6.20 Å². The molecule has 1 amide bonds. The fraction of sp³-hybridized carbons (Fsp3) is 0.438. The molecule has 2 aromatic heterocycles. The van der Waals surface area contributed by atoms with Crippen LogP contribution in [0.3, 0.4) is 0 Å². The number of hydrogen-bond acceptors (Lipinski definition) is 3. The van der Waals surface area contributed by atoms with Crippen LogP contribution in [0.2, 0.25) is 0 Å². The molecular weight excluding hydrogens is 280 g/mol. The molecule has 0 aliphatic heterocycles. The first-order valence-electron chi connectivity index (χ1n) is 7.51. The second-order valence-corrected chi connectivity index (χ2v) is 5.50. The van der Waals surface area contributed by atoms with Crippen LogP contribution >= 0.6 is 0 Å². The van der Waals surface area contributed by atoms with Gasteiger partial charge < -0.3 is 14.5 Å². The van der Waals surface area contributed by atoms with Crippen molar-refractivity contribution in [2.24, 2.45) is 0 Å². The van der Waals surface area contributed by atoms with Crippen molar-refractivity contribution in [3.63, 3.8) is 0 Å². The average Bonchev–Trinajstić information content (AvgIpc) is 2.95. The Bertz CT molecular complexity index is 673. The number of carbonyl (C=O) groups excluding carboxylic acids is 1. The van der Waals surface area contributed by atoms with Gasteiger partial charge in [-0.05, 0) is 12.5 Å². The average molecular weight is 302 g/mol. The van der Waals surface area contributed by atoms with E-state index in [9.17, 15) is 9.59 Å². The number of imidazole rings is 1. The minimum absolute atomic E-state index is 0.0575. The molecule has 2 aromatic rings. The van der Waals surface area contributed by atoms with Gasteiger partial charge in [-0.2, -0.15) is 0 Å². The van der Waals surface area contributed by atoms with Crippen LogP contribution in [-0.4, -0.2) is 26.6 Å². The Kier molecular flexibility index (Phi) is 5.52. The smallest absolute Gasteiger partial charge is 0.250 e. The Morgan fingerprint density at radius 3 is 2.82 bits per heavy atom. The van der Waals surface area contributed by atoms with Crippen molar-refractivity contribution in [3.8, 4) is 0 Å². The molecular formula is C16H22N4O2. The maximum atomic E-state index is 11.8. The molecule has 0 aromatic carbocycles. The lowest BCUT2D eigenvalue weighted by atomic mass is 10.2. The second kappa shape index (κ2) is 7.59. The molecule has 0 aliphatic carbocycles. The highest BCUT2D eigenvalue weighted by Crippen LogP contribution is 2.11. The Morgan fingerprint density at radius 2 is 2.09 bits per heavy atom. The number of pyridine rings is 1. The molecule has 0 fully saturated rings. The molecule has 22 heavy (non-hydrogen) atoms. The monoisotopic (exact) mass is 302 g/mol. The van der Waals surface area contributed by atoms with Crippen molar-refractivity contribution in [1.82, 2.24) is 19.4 Å². The predicted octanol–water partition coefficient (Wildman–Crippen LogP) is 1.37. The molecule has 0 bridgehead atoms. The summed E-state index contributed by atoms with van der Waals surface area (Å²) in [6, 6.07) is 4.84. The van der Waals surface area contributed by atoms with Crippen molar-refractivity contribution in [2.75, 3.05) is 6.54 Å². The zero-order valence-corrected chi connectivity index (χ0v) is 13.0. The maximum Gasteiger partial charge on any atom is 0.250 e. The van der Waals surface area contributed by atoms with Gasteiger partial charge in [0.25, 0.3) is 5.56 Å². The standard InChI is InChI=1S/C16H22N4O2/c1-13(2)16-18-8-11-19(16)10-5-7-17-14(21)12-20-9-4-3-6-15(20)22/h3-4,6,8-9,11,13H,5,7,10,12H2,1-2H3,(H,17,21). The van der Waals surface area contributed by atoms with Gasteiger partial charge in [-0.15, -0.1) is 0 Å². The molecule has 6 nitrogen and oxygen atoms in total. The molecule has 0 saturated carbocycles. The summed E-state index contributed by atoms with van der Waals surface area (Å²) in [5.74, 6) is 1.29. The van der Waals surface area contributed by atoms with E-state index in [2.05, 4.69) is 28.7 Å². The van der Waals surface area contributed by atoms with E-state index >= 15 is 0 Å². The zero-order valence-electron chi connectivity index (χ0n) is 13.0. The van der Waals surface area contributed by atoms with Crippen LogP contribution in [0.25, 0.3) is 0 Å². The van der Waals surface area contributed by atoms with Gasteiger partial charge in [0.05, 0.1) is 0 Å². The van der Waals surface area contributed by atoms with Crippen LogP contribution in [0.15, 0.2) is 41.6 Å². The fourth-order valence-corrected chi connectivity index (χ4v) is 2.29. The number of aromatic nitrogens is 3. The van der Waals surface area contributed by atoms with E-state index in [-0.39, 0.29) is 18.0 Å². The first-order chi connectivity index (χ1) is 10.6. The van der Waals surface area contributed by atoms with Crippen molar-refractivity contribution in [2.45, 2.75) is 39.3 Å². The van der Waals surface area contributed by atoms with Crippen molar-refractivity contribution >= 4 is 5.91 Å². The maximum absolute atomic E-state index is 11.8. The van der Waals surface area contributed by atoms with Crippen molar-refractivity contribution in [3.05, 3.63) is 53.0 Å². The van der Waals surface area contributed by atoms with Crippen LogP contribution in [0.1, 0.15) is 32.0 Å². The molecule has 2 heterocycles. The largest absolute Gasteiger partial charge is 0.354 e. The zero-order chi connectivity index (χ0) is 15.9. The Hall–Kier alpha value is -2.37. The topological polar surface area (TPSA) is 68.9 Å². The fourth-order valence-electron chi connectivity index (χ4n) is 2.29. The molecule has 118 valence electrons. The highest BCUT2D eigenvalue weighted by Gasteiger charge is 2.07. The molecule has 0 aliphatic rings. The van der Waals surface area contributed by atoms with E-state index < -0.39 is 0 Å². The van der Waals surface area contributed by atoms with Gasteiger partial charge in [0.2, 0.25) is 5.91 Å². The highest BCUT2D eigenvalue weighted by atomic mass is 16.2. The predicted molar refractivity (Wildman–Crippen MR) is 84.6 cm³/mol. The summed E-state index contributed by atoms with van der Waals surface area (Å²) in [6.07, 6.45) is 6.20. The van der Waals surface area contributed by atoms with Crippen molar-refractivity contribution in [1.29, 1.82) is 0 Å². The van der Waals surface area contributed by atoms with Gasteiger partial charge in [-0.1, -0.05) is 19.9 Å². The summed E-state index contributed by atoms with van der Waals surface area (Å²) in [6.45, 7) is 5.67. The summed E-state index contributed by atoms with van der Waals surface area (Å²) >= 11 is 0. The number of aryl methyl sites for hydroxylation is 1. The van der Waals surface area contributed by atoms with E-state index in [1.54, 1.807) is 24.5 Å². The molecule has 0 saturated heterocycles. The third-order valence-electron chi connectivity index (χ3n) is 3.37. The molecule has 1 N–H and O–H groups in total. The van der Waals surface area contributed by atoms with Crippen molar-refractivity contribution < 1.29 is 4.79 Å². The van der Waals surface area contributed by atoms with Crippen LogP contribution in [0, 0.1) is 0 Å². The second-order valence-electron chi connectivity index (χ2n) is 5.50. The van der Waals surface area contributed by atoms with Crippen LogP contribution in [0.4, 0.5) is 0 Å². The lowest BCUT2D eigenvalue weighted by molar-refractivity contribution is -0.121. The normalized spacial score (nSPS) is 10.9. The third kappa shape index (κ3) is 4.31. The number of nitrogens with zero attached hydrogens (tertiary/aromatic N) is 3. The van der Waals surface area contributed by atoms with E-state index in [4.69, 9.17) is 0 Å². The Labute approximate surface area is 129 Å². The van der Waals surface area contributed by atoms with Gasteiger partial charge in [0.15, 0.2) is 0 Å². The summed E-state index contributed by atoms with van der Waals surface area (Å²) < 4.78 is 3.50. The number of hydrogen-bond donors (Lipinski definition) is 1. The van der Waals surface area contributed by atoms with Crippen LogP contribution in [-0.2, 0) is 17.9 Å². The Balaban J connectivity index is 1.75. The Morgan fingerprint density at radius 1 is 1.27 bits per heavy atom. The minimum Gasteiger partial charge on any atom is -0.354 e. The minimum atomic E-state index is -0.169. The van der Waals surface area contributed by atoms with Gasteiger partial charge >= 0.3 is 0 Å². The summed E-state index contributed by atoms with van der Waals surface area (Å²) in [5.41, 5.74) is -0.169. The molecule has 0 radical (unpaired) electrons. The number of amides is 1. The summed E-state index contributed by atoms with van der Waals surface area (Å²) in [5, 5.41) is 2.84. The van der Waals surface area contributed by atoms with Gasteiger partial charge in [0, 0.05) is 43.7 Å². The van der Waals surface area contributed by atoms with Gasteiger partial charge in [0.1, 0.15) is 12.4 Å². The number of nitrogens with one attached hydrogen (secondary N) is 1. The number of rotatable bonds is 7. The summed E-state index contributed by atoms with van der Waals surface area (Å²) in [4.78, 5) is 27.7. The van der Waals surface area contributed by atoms with Gasteiger partial charge in [-0.3, -0.25) is 9.59 Å². The summed E-state index contributed by atoms with van der Waals surface area (Å²) in [7, 11) is 0. The molecule has 0 unspecified atom stereocenters. The van der Waals surface area contributed by atoms with E-state index in [0.29, 0.717) is 12.5 Å². The third-order valence-corrected chi connectivity index (χ3v) is 3.37. The lowest BCUT2D eigenvalue weighted by Crippen LogP contribution is -2.32. The molecule has 0 atom stereocenters. The van der Waals surface area contributed by atoms with Crippen LogP contribution < -0.4 is 10.9 Å². The quantitative estimate of drug-likeness (QED) is 0.786. The molecule has 0 spiro atoms.